The molecule has 0 bridgehead atoms. The molecule has 7 heteroatoms. The second kappa shape index (κ2) is 5.88. The van der Waals surface area contributed by atoms with E-state index in [1.54, 1.807) is 18.2 Å². The van der Waals surface area contributed by atoms with Gasteiger partial charge in [-0.1, -0.05) is 16.8 Å². The summed E-state index contributed by atoms with van der Waals surface area (Å²) < 4.78 is 5.22. The highest BCUT2D eigenvalue weighted by Gasteiger charge is 2.12. The molecule has 1 N–H and O–H groups in total. The van der Waals surface area contributed by atoms with E-state index in [1.807, 2.05) is 25.1 Å². The molecule has 3 aromatic rings. The number of nitrogens with zero attached hydrogens (tertiary/aromatic N) is 4. The van der Waals surface area contributed by atoms with Crippen LogP contribution in [0.2, 0.25) is 5.02 Å². The van der Waals surface area contributed by atoms with Crippen LogP contribution in [0.25, 0.3) is 23.0 Å². The summed E-state index contributed by atoms with van der Waals surface area (Å²) in [6.07, 6.45) is 0. The lowest BCUT2D eigenvalue weighted by Gasteiger charge is -1.99. The summed E-state index contributed by atoms with van der Waals surface area (Å²) >= 11 is 5.85. The average molecular weight is 302 g/mol. The standard InChI is InChI=1S/C14H12ClN5O/c1-2-16-12-8-7-11(18-19-12)14-17-13(20-21-14)9-3-5-10(15)6-4-9/h3-8H,2H2,1H3,(H,16,19). The molecular formula is C14H12ClN5O. The zero-order valence-corrected chi connectivity index (χ0v) is 12.0. The SMILES string of the molecule is CCNc1ccc(-c2nc(-c3ccc(Cl)cc3)no2)nn1. The first-order chi connectivity index (χ1) is 10.3. The fourth-order valence-corrected chi connectivity index (χ4v) is 1.89. The molecule has 3 rings (SSSR count). The Hall–Kier alpha value is -2.47. The number of nitrogens with one attached hydrogen (secondary N) is 1. The van der Waals surface area contributed by atoms with Crippen molar-refractivity contribution < 1.29 is 4.52 Å². The van der Waals surface area contributed by atoms with Gasteiger partial charge in [-0.2, -0.15) is 4.98 Å². The van der Waals surface area contributed by atoms with Gasteiger partial charge >= 0.3 is 0 Å². The van der Waals surface area contributed by atoms with Crippen molar-refractivity contribution in [2.24, 2.45) is 0 Å². The molecule has 21 heavy (non-hydrogen) atoms. The quantitative estimate of drug-likeness (QED) is 0.797. The van der Waals surface area contributed by atoms with Gasteiger partial charge in [0.2, 0.25) is 5.82 Å². The monoisotopic (exact) mass is 301 g/mol. The molecule has 0 aliphatic carbocycles. The summed E-state index contributed by atoms with van der Waals surface area (Å²) in [6, 6.07) is 10.8. The highest BCUT2D eigenvalue weighted by molar-refractivity contribution is 6.30. The fraction of sp³-hybridized carbons (Fsp3) is 0.143. The summed E-state index contributed by atoms with van der Waals surface area (Å²) in [6.45, 7) is 2.78. The average Bonchev–Trinajstić information content (AvgIpc) is 2.99. The van der Waals surface area contributed by atoms with Crippen molar-refractivity contribution >= 4 is 17.4 Å². The van der Waals surface area contributed by atoms with E-state index in [-0.39, 0.29) is 0 Å². The second-order valence-electron chi connectivity index (χ2n) is 4.26. The molecule has 0 fully saturated rings. The maximum absolute atomic E-state index is 5.85. The lowest BCUT2D eigenvalue weighted by Crippen LogP contribution is -2.00. The second-order valence-corrected chi connectivity index (χ2v) is 4.70. The van der Waals surface area contributed by atoms with Gasteiger partial charge < -0.3 is 9.84 Å². The first-order valence-corrected chi connectivity index (χ1v) is 6.81. The minimum absolute atomic E-state index is 0.329. The molecule has 2 aromatic heterocycles. The van der Waals surface area contributed by atoms with E-state index >= 15 is 0 Å². The van der Waals surface area contributed by atoms with Crippen molar-refractivity contribution in [2.45, 2.75) is 6.92 Å². The number of aromatic nitrogens is 4. The van der Waals surface area contributed by atoms with Gasteiger partial charge in [0.25, 0.3) is 5.89 Å². The Balaban J connectivity index is 1.85. The molecule has 0 atom stereocenters. The van der Waals surface area contributed by atoms with Crippen LogP contribution in [-0.4, -0.2) is 26.9 Å². The summed E-state index contributed by atoms with van der Waals surface area (Å²) in [5, 5.41) is 15.8. The van der Waals surface area contributed by atoms with Gasteiger partial charge in [0.05, 0.1) is 0 Å². The van der Waals surface area contributed by atoms with Gasteiger partial charge in [-0.15, -0.1) is 10.2 Å². The topological polar surface area (TPSA) is 76.7 Å². The third kappa shape index (κ3) is 3.00. The number of halogens is 1. The number of benzene rings is 1. The Morgan fingerprint density at radius 3 is 2.57 bits per heavy atom. The zero-order valence-electron chi connectivity index (χ0n) is 11.2. The molecular weight excluding hydrogens is 290 g/mol. The Labute approximate surface area is 126 Å². The van der Waals surface area contributed by atoms with Crippen LogP contribution in [0.15, 0.2) is 40.9 Å². The maximum Gasteiger partial charge on any atom is 0.278 e. The third-order valence-corrected chi connectivity index (χ3v) is 3.02. The van der Waals surface area contributed by atoms with Crippen LogP contribution in [0.4, 0.5) is 5.82 Å². The molecule has 106 valence electrons. The van der Waals surface area contributed by atoms with Gasteiger partial charge in [0.15, 0.2) is 5.69 Å². The minimum atomic E-state index is 0.329. The molecule has 0 amide bonds. The van der Waals surface area contributed by atoms with Crippen LogP contribution in [0, 0.1) is 0 Å². The van der Waals surface area contributed by atoms with Crippen LogP contribution >= 0.6 is 11.6 Å². The molecule has 0 aliphatic rings. The summed E-state index contributed by atoms with van der Waals surface area (Å²) in [5.74, 6) is 1.52. The third-order valence-electron chi connectivity index (χ3n) is 2.77. The van der Waals surface area contributed by atoms with Crippen LogP contribution in [-0.2, 0) is 0 Å². The molecule has 0 saturated heterocycles. The summed E-state index contributed by atoms with van der Waals surface area (Å²) in [5.41, 5.74) is 1.36. The van der Waals surface area contributed by atoms with E-state index in [4.69, 9.17) is 16.1 Å². The van der Waals surface area contributed by atoms with Gasteiger partial charge in [-0.05, 0) is 43.3 Å². The smallest absolute Gasteiger partial charge is 0.278 e. The summed E-state index contributed by atoms with van der Waals surface area (Å²) in [7, 11) is 0. The molecule has 6 nitrogen and oxygen atoms in total. The van der Waals surface area contributed by atoms with E-state index in [9.17, 15) is 0 Å². The van der Waals surface area contributed by atoms with Crippen molar-refractivity contribution in [1.29, 1.82) is 0 Å². The van der Waals surface area contributed by atoms with Gasteiger partial charge in [-0.3, -0.25) is 0 Å². The van der Waals surface area contributed by atoms with Gasteiger partial charge in [-0.25, -0.2) is 0 Å². The zero-order chi connectivity index (χ0) is 14.7. The number of hydrogen-bond donors (Lipinski definition) is 1. The van der Waals surface area contributed by atoms with Crippen molar-refractivity contribution in [1.82, 2.24) is 20.3 Å². The lowest BCUT2D eigenvalue weighted by atomic mass is 10.2. The number of anilines is 1. The Bertz CT molecular complexity index is 724. The lowest BCUT2D eigenvalue weighted by molar-refractivity contribution is 0.430. The van der Waals surface area contributed by atoms with Crippen LogP contribution < -0.4 is 5.32 Å². The molecule has 1 aromatic carbocycles. The first-order valence-electron chi connectivity index (χ1n) is 6.44. The van der Waals surface area contributed by atoms with Crippen molar-refractivity contribution in [3.05, 3.63) is 41.4 Å². The van der Waals surface area contributed by atoms with E-state index in [0.29, 0.717) is 28.2 Å². The minimum Gasteiger partial charge on any atom is -0.369 e. The van der Waals surface area contributed by atoms with E-state index < -0.39 is 0 Å². The molecule has 0 saturated carbocycles. The van der Waals surface area contributed by atoms with Crippen molar-refractivity contribution in [3.8, 4) is 23.0 Å². The van der Waals surface area contributed by atoms with Crippen LogP contribution in [0.1, 0.15) is 6.92 Å². The maximum atomic E-state index is 5.85. The van der Waals surface area contributed by atoms with E-state index in [1.165, 1.54) is 0 Å². The highest BCUT2D eigenvalue weighted by Crippen LogP contribution is 2.22. The summed E-state index contributed by atoms with van der Waals surface area (Å²) in [4.78, 5) is 4.31. The van der Waals surface area contributed by atoms with Gasteiger partial charge in [0, 0.05) is 17.1 Å². The Morgan fingerprint density at radius 2 is 1.90 bits per heavy atom. The molecule has 0 spiro atoms. The number of rotatable bonds is 4. The molecule has 2 heterocycles. The normalized spacial score (nSPS) is 10.6. The number of hydrogen-bond acceptors (Lipinski definition) is 6. The van der Waals surface area contributed by atoms with Crippen molar-refractivity contribution in [3.63, 3.8) is 0 Å². The Kier molecular flexibility index (Phi) is 3.79. The Morgan fingerprint density at radius 1 is 1.10 bits per heavy atom. The van der Waals surface area contributed by atoms with Gasteiger partial charge in [0.1, 0.15) is 5.82 Å². The van der Waals surface area contributed by atoms with E-state index in [2.05, 4.69) is 25.7 Å². The highest BCUT2D eigenvalue weighted by atomic mass is 35.5. The predicted octanol–water partition coefficient (Wildman–Crippen LogP) is 3.28. The first kappa shape index (κ1) is 13.5. The van der Waals surface area contributed by atoms with E-state index in [0.717, 1.165) is 12.1 Å². The predicted molar refractivity (Wildman–Crippen MR) is 79.9 cm³/mol. The molecule has 0 aliphatic heterocycles. The van der Waals surface area contributed by atoms with Crippen LogP contribution in [0.5, 0.6) is 0 Å². The van der Waals surface area contributed by atoms with Crippen LogP contribution in [0.3, 0.4) is 0 Å². The largest absolute Gasteiger partial charge is 0.369 e. The van der Waals surface area contributed by atoms with Crippen molar-refractivity contribution in [2.75, 3.05) is 11.9 Å². The fourth-order valence-electron chi connectivity index (χ4n) is 1.77. The molecule has 0 unspecified atom stereocenters. The molecule has 0 radical (unpaired) electrons.